The number of likely N-dealkylation sites (N-methyl/N-ethyl adjacent to an activating group) is 1. The molecule has 0 spiro atoms. The van der Waals surface area contributed by atoms with Gasteiger partial charge in [0.15, 0.2) is 5.71 Å². The fourth-order valence-corrected chi connectivity index (χ4v) is 5.31. The average Bonchev–Trinajstić information content (AvgIpc) is 3.67. The molecule has 5 rings (SSSR count). The van der Waals surface area contributed by atoms with E-state index in [0.29, 0.717) is 16.1 Å². The third-order valence-corrected chi connectivity index (χ3v) is 8.22. The van der Waals surface area contributed by atoms with Gasteiger partial charge in [0.05, 0.1) is 43.5 Å². The summed E-state index contributed by atoms with van der Waals surface area (Å²) < 4.78 is 21.1. The number of pyridine rings is 2. The van der Waals surface area contributed by atoms with Crippen LogP contribution in [0.15, 0.2) is 66.1 Å². The predicted octanol–water partition coefficient (Wildman–Crippen LogP) is 7.06. The SMILES string of the molecule is CNC(=O)/C(=N/OC)c1ccccc1CO.Cc1cc(-c2cnc(C)c(Cl)c2)sn1.Cc1cc(-c2cnc(F)c(Cl)c2)sn1. The Kier molecular flexibility index (Phi) is 13.3. The van der Waals surface area contributed by atoms with Crippen molar-refractivity contribution in [3.63, 3.8) is 0 Å². The Morgan fingerprint density at radius 2 is 1.52 bits per heavy atom. The molecule has 0 aliphatic rings. The van der Waals surface area contributed by atoms with E-state index in [0.717, 1.165) is 38.0 Å². The van der Waals surface area contributed by atoms with Crippen molar-refractivity contribution in [2.75, 3.05) is 14.2 Å². The smallest absolute Gasteiger partial charge is 0.273 e. The Hall–Kier alpha value is -3.81. The minimum Gasteiger partial charge on any atom is -0.398 e. The van der Waals surface area contributed by atoms with Gasteiger partial charge < -0.3 is 15.3 Å². The number of nitrogens with zero attached hydrogens (tertiary/aromatic N) is 5. The highest BCUT2D eigenvalue weighted by Crippen LogP contribution is 2.28. The van der Waals surface area contributed by atoms with Gasteiger partial charge in [-0.15, -0.1) is 0 Å². The van der Waals surface area contributed by atoms with Crippen LogP contribution in [0.1, 0.15) is 28.2 Å². The van der Waals surface area contributed by atoms with Crippen molar-refractivity contribution in [2.45, 2.75) is 27.4 Å². The summed E-state index contributed by atoms with van der Waals surface area (Å²) in [5.74, 6) is -1.00. The van der Waals surface area contributed by atoms with E-state index in [4.69, 9.17) is 28.3 Å². The first kappa shape index (κ1) is 34.7. The number of carbonyl (C=O) groups is 1. The molecule has 0 atom stereocenters. The minimum absolute atomic E-state index is 0.0357. The van der Waals surface area contributed by atoms with Crippen LogP contribution in [0, 0.1) is 26.7 Å². The quantitative estimate of drug-likeness (QED) is 0.112. The summed E-state index contributed by atoms with van der Waals surface area (Å²) in [6.07, 6.45) is 3.28. The first-order chi connectivity index (χ1) is 21.1. The first-order valence-electron chi connectivity index (χ1n) is 12.9. The third kappa shape index (κ3) is 9.60. The number of hydrogen-bond acceptors (Lipinski definition) is 10. The molecule has 14 heteroatoms. The monoisotopic (exact) mass is 674 g/mol. The third-order valence-electron chi connectivity index (χ3n) is 5.71. The number of hydrogen-bond donors (Lipinski definition) is 2. The van der Waals surface area contributed by atoms with Crippen LogP contribution in [-0.4, -0.2) is 49.6 Å². The first-order valence-corrected chi connectivity index (χ1v) is 15.2. The number of rotatable bonds is 6. The molecule has 5 aromatic rings. The zero-order valence-electron chi connectivity index (χ0n) is 24.4. The number of aliphatic hydroxyl groups is 1. The molecule has 4 aromatic heterocycles. The standard InChI is InChI=1S/C11H14N2O3.C10H9ClN2S.C9H6ClFN2S/c1-12-11(15)10(13-16-2)9-6-4-3-5-8(9)7-14;1-6-3-10(14-13-6)8-4-9(11)7(2)12-5-8;1-5-2-8(14-13-5)6-3-7(10)9(11)12-4-6/h3-6,14H,7H2,1-2H3,(H,12,15);3-5H,1-2H3;2-4H,1H3/b13-10+;;. The van der Waals surface area contributed by atoms with Gasteiger partial charge >= 0.3 is 0 Å². The number of nitrogens with one attached hydrogen (secondary N) is 1. The van der Waals surface area contributed by atoms with Crippen LogP contribution >= 0.6 is 46.3 Å². The van der Waals surface area contributed by atoms with Crippen LogP contribution in [0.25, 0.3) is 20.9 Å². The number of aromatic nitrogens is 4. The maximum Gasteiger partial charge on any atom is 0.273 e. The van der Waals surface area contributed by atoms with E-state index in [1.165, 1.54) is 43.4 Å². The van der Waals surface area contributed by atoms with Crippen LogP contribution < -0.4 is 5.32 Å². The summed E-state index contributed by atoms with van der Waals surface area (Å²) in [6, 6.07) is 14.4. The Bertz CT molecular complexity index is 1660. The van der Waals surface area contributed by atoms with E-state index in [-0.39, 0.29) is 23.2 Å². The molecule has 0 unspecified atom stereocenters. The summed E-state index contributed by atoms with van der Waals surface area (Å²) in [5, 5.41) is 16.0. The normalized spacial score (nSPS) is 10.7. The number of aryl methyl sites for hydroxylation is 3. The highest BCUT2D eigenvalue weighted by atomic mass is 35.5. The Balaban J connectivity index is 0.000000181. The minimum atomic E-state index is -0.642. The summed E-state index contributed by atoms with van der Waals surface area (Å²) in [7, 11) is 2.87. The summed E-state index contributed by atoms with van der Waals surface area (Å²) in [6.45, 7) is 5.61. The van der Waals surface area contributed by atoms with Gasteiger partial charge in [0.2, 0.25) is 5.95 Å². The highest BCUT2D eigenvalue weighted by molar-refractivity contribution is 7.09. The zero-order valence-corrected chi connectivity index (χ0v) is 27.6. The average molecular weight is 676 g/mol. The van der Waals surface area contributed by atoms with Crippen LogP contribution in [0.5, 0.6) is 0 Å². The van der Waals surface area contributed by atoms with Crippen LogP contribution in [0.2, 0.25) is 10.0 Å². The summed E-state index contributed by atoms with van der Waals surface area (Å²) >= 11 is 14.4. The Morgan fingerprint density at radius 3 is 2.00 bits per heavy atom. The van der Waals surface area contributed by atoms with Crippen molar-refractivity contribution in [3.05, 3.63) is 105 Å². The lowest BCUT2D eigenvalue weighted by molar-refractivity contribution is -0.114. The topological polar surface area (TPSA) is 122 Å². The lowest BCUT2D eigenvalue weighted by Gasteiger charge is -2.08. The van der Waals surface area contributed by atoms with Crippen LogP contribution in [-0.2, 0) is 16.2 Å². The van der Waals surface area contributed by atoms with Crippen molar-refractivity contribution in [1.82, 2.24) is 24.0 Å². The van der Waals surface area contributed by atoms with Gasteiger partial charge in [-0.05, 0) is 73.7 Å². The molecule has 9 nitrogen and oxygen atoms in total. The second-order valence-electron chi connectivity index (χ2n) is 8.97. The fraction of sp³-hybridized carbons (Fsp3) is 0.200. The molecular weight excluding hydrogens is 646 g/mol. The number of aliphatic hydroxyl groups excluding tert-OH is 1. The van der Waals surface area contributed by atoms with Crippen molar-refractivity contribution in [3.8, 4) is 20.9 Å². The van der Waals surface area contributed by atoms with Crippen molar-refractivity contribution < 1.29 is 19.1 Å². The molecule has 4 heterocycles. The predicted molar refractivity (Wildman–Crippen MR) is 175 cm³/mol. The number of carbonyl (C=O) groups excluding carboxylic acids is 1. The maximum absolute atomic E-state index is 12.8. The maximum atomic E-state index is 12.8. The van der Waals surface area contributed by atoms with Gasteiger partial charge in [-0.3, -0.25) is 9.78 Å². The molecular formula is C30H29Cl2FN6O3S2. The zero-order chi connectivity index (χ0) is 32.2. The van der Waals surface area contributed by atoms with E-state index in [9.17, 15) is 9.18 Å². The van der Waals surface area contributed by atoms with Crippen LogP contribution in [0.4, 0.5) is 4.39 Å². The molecule has 2 N–H and O–H groups in total. The molecule has 0 bridgehead atoms. The number of halogens is 3. The Labute approximate surface area is 272 Å². The van der Waals surface area contributed by atoms with E-state index in [1.807, 2.05) is 45.2 Å². The molecule has 44 heavy (non-hydrogen) atoms. The highest BCUT2D eigenvalue weighted by Gasteiger charge is 2.16. The molecule has 0 aliphatic carbocycles. The summed E-state index contributed by atoms with van der Waals surface area (Å²) in [4.78, 5) is 26.0. The number of amides is 1. The van der Waals surface area contributed by atoms with Gasteiger partial charge in [-0.25, -0.2) is 4.98 Å². The van der Waals surface area contributed by atoms with Crippen molar-refractivity contribution in [2.24, 2.45) is 5.16 Å². The van der Waals surface area contributed by atoms with Crippen LogP contribution in [0.3, 0.4) is 0 Å². The van der Waals surface area contributed by atoms with E-state index in [2.05, 4.69) is 34.0 Å². The molecule has 0 saturated carbocycles. The Morgan fingerprint density at radius 1 is 0.955 bits per heavy atom. The van der Waals surface area contributed by atoms with Gasteiger partial charge in [0, 0.05) is 36.1 Å². The van der Waals surface area contributed by atoms with E-state index < -0.39 is 5.95 Å². The number of oxime groups is 1. The van der Waals surface area contributed by atoms with Gasteiger partial charge in [-0.2, -0.15) is 13.1 Å². The van der Waals surface area contributed by atoms with Crippen molar-refractivity contribution >= 4 is 57.9 Å². The molecule has 0 fully saturated rings. The lowest BCUT2D eigenvalue weighted by atomic mass is 10.0. The second-order valence-corrected chi connectivity index (χ2v) is 11.4. The van der Waals surface area contributed by atoms with Gasteiger partial charge in [0.25, 0.3) is 5.91 Å². The second kappa shape index (κ2) is 16.9. The van der Waals surface area contributed by atoms with Gasteiger partial charge in [-0.1, -0.05) is 52.6 Å². The van der Waals surface area contributed by atoms with E-state index >= 15 is 0 Å². The van der Waals surface area contributed by atoms with E-state index in [1.54, 1.807) is 30.3 Å². The van der Waals surface area contributed by atoms with Gasteiger partial charge in [0.1, 0.15) is 7.11 Å². The fourth-order valence-electron chi connectivity index (χ4n) is 3.51. The molecule has 1 amide bonds. The summed E-state index contributed by atoms with van der Waals surface area (Å²) in [5.41, 5.74) is 5.99. The number of benzene rings is 1. The van der Waals surface area contributed by atoms with Crippen molar-refractivity contribution in [1.29, 1.82) is 0 Å². The largest absolute Gasteiger partial charge is 0.398 e. The molecule has 230 valence electrons. The molecule has 0 radical (unpaired) electrons. The molecule has 0 saturated heterocycles. The molecule has 1 aromatic carbocycles. The lowest BCUT2D eigenvalue weighted by Crippen LogP contribution is -2.29. The molecule has 0 aliphatic heterocycles.